The van der Waals surface area contributed by atoms with Gasteiger partial charge in [-0.05, 0) is 24.5 Å². The van der Waals surface area contributed by atoms with Crippen molar-refractivity contribution in [2.45, 2.75) is 18.9 Å². The molecule has 1 aliphatic carbocycles. The first kappa shape index (κ1) is 9.46. The smallest absolute Gasteiger partial charge is 0.133 e. The Balaban J connectivity index is 2.51. The SMILES string of the molecule is COc1cccc(F)c1C1(O)CC1C. The Hall–Kier alpha value is -1.09. The maximum Gasteiger partial charge on any atom is 0.133 e. The number of benzene rings is 1. The van der Waals surface area contributed by atoms with Gasteiger partial charge < -0.3 is 9.84 Å². The summed E-state index contributed by atoms with van der Waals surface area (Å²) in [5.74, 6) is 0.140. The summed E-state index contributed by atoms with van der Waals surface area (Å²) in [5.41, 5.74) is -0.716. The minimum atomic E-state index is -1.02. The zero-order chi connectivity index (χ0) is 10.3. The zero-order valence-electron chi connectivity index (χ0n) is 8.25. The molecule has 0 aromatic heterocycles. The summed E-state index contributed by atoms with van der Waals surface area (Å²) in [6.45, 7) is 1.89. The molecule has 2 atom stereocenters. The van der Waals surface area contributed by atoms with Gasteiger partial charge >= 0.3 is 0 Å². The third-order valence-electron chi connectivity index (χ3n) is 2.90. The van der Waals surface area contributed by atoms with Crippen molar-refractivity contribution in [1.82, 2.24) is 0 Å². The molecule has 0 spiro atoms. The van der Waals surface area contributed by atoms with Gasteiger partial charge in [0.25, 0.3) is 0 Å². The van der Waals surface area contributed by atoms with Crippen molar-refractivity contribution in [1.29, 1.82) is 0 Å². The molecule has 1 aliphatic rings. The van der Waals surface area contributed by atoms with Crippen LogP contribution in [0.25, 0.3) is 0 Å². The fourth-order valence-electron chi connectivity index (χ4n) is 1.85. The summed E-state index contributed by atoms with van der Waals surface area (Å²) < 4.78 is 18.5. The Morgan fingerprint density at radius 1 is 1.57 bits per heavy atom. The van der Waals surface area contributed by atoms with Gasteiger partial charge in [0.15, 0.2) is 0 Å². The maximum absolute atomic E-state index is 13.5. The summed E-state index contributed by atoms with van der Waals surface area (Å²) in [4.78, 5) is 0. The van der Waals surface area contributed by atoms with Crippen LogP contribution in [0, 0.1) is 11.7 Å². The highest BCUT2D eigenvalue weighted by Gasteiger charge is 2.54. The van der Waals surface area contributed by atoms with Crippen molar-refractivity contribution in [2.24, 2.45) is 5.92 Å². The molecule has 1 fully saturated rings. The van der Waals surface area contributed by atoms with Crippen LogP contribution >= 0.6 is 0 Å². The van der Waals surface area contributed by atoms with Crippen LogP contribution in [0.4, 0.5) is 4.39 Å². The second-order valence-electron chi connectivity index (χ2n) is 3.85. The van der Waals surface area contributed by atoms with Crippen molar-refractivity contribution < 1.29 is 14.2 Å². The molecule has 1 aromatic rings. The van der Waals surface area contributed by atoms with Crippen LogP contribution in [0.15, 0.2) is 18.2 Å². The molecular weight excluding hydrogens is 183 g/mol. The monoisotopic (exact) mass is 196 g/mol. The van der Waals surface area contributed by atoms with Crippen LogP contribution in [0.3, 0.4) is 0 Å². The van der Waals surface area contributed by atoms with Crippen molar-refractivity contribution >= 4 is 0 Å². The van der Waals surface area contributed by atoms with E-state index in [9.17, 15) is 9.50 Å². The number of methoxy groups -OCH3 is 1. The van der Waals surface area contributed by atoms with E-state index in [0.717, 1.165) is 0 Å². The molecule has 0 saturated heterocycles. The second-order valence-corrected chi connectivity index (χ2v) is 3.85. The molecule has 1 N–H and O–H groups in total. The quantitative estimate of drug-likeness (QED) is 0.784. The summed E-state index contributed by atoms with van der Waals surface area (Å²) in [6.07, 6.45) is 0.601. The van der Waals surface area contributed by atoms with E-state index >= 15 is 0 Å². The molecule has 76 valence electrons. The fourth-order valence-corrected chi connectivity index (χ4v) is 1.85. The molecule has 1 aromatic carbocycles. The lowest BCUT2D eigenvalue weighted by Gasteiger charge is -2.14. The summed E-state index contributed by atoms with van der Waals surface area (Å²) >= 11 is 0. The fraction of sp³-hybridized carbons (Fsp3) is 0.455. The number of halogens is 1. The lowest BCUT2D eigenvalue weighted by molar-refractivity contribution is 0.126. The highest BCUT2D eigenvalue weighted by Crippen LogP contribution is 2.54. The van der Waals surface area contributed by atoms with Gasteiger partial charge in [0, 0.05) is 0 Å². The largest absolute Gasteiger partial charge is 0.496 e. The number of aliphatic hydroxyl groups is 1. The molecule has 0 heterocycles. The maximum atomic E-state index is 13.5. The van der Waals surface area contributed by atoms with E-state index in [1.54, 1.807) is 12.1 Å². The van der Waals surface area contributed by atoms with Crippen LogP contribution in [-0.2, 0) is 5.60 Å². The first-order chi connectivity index (χ1) is 6.59. The predicted octanol–water partition coefficient (Wildman–Crippen LogP) is 2.06. The minimum absolute atomic E-state index is 0.105. The van der Waals surface area contributed by atoms with Crippen LogP contribution in [0.5, 0.6) is 5.75 Å². The van der Waals surface area contributed by atoms with Crippen LogP contribution < -0.4 is 4.74 Å². The molecule has 2 unspecified atom stereocenters. The Labute approximate surface area is 82.3 Å². The van der Waals surface area contributed by atoms with E-state index in [2.05, 4.69) is 0 Å². The Morgan fingerprint density at radius 2 is 2.21 bits per heavy atom. The second kappa shape index (κ2) is 2.95. The molecule has 0 amide bonds. The standard InChI is InChI=1S/C11H13FO2/c1-7-6-11(7,13)10-8(12)4-3-5-9(10)14-2/h3-5,7,13H,6H2,1-2H3. The average Bonchev–Trinajstić information content (AvgIpc) is 2.74. The Morgan fingerprint density at radius 3 is 2.71 bits per heavy atom. The van der Waals surface area contributed by atoms with Crippen LogP contribution in [-0.4, -0.2) is 12.2 Å². The van der Waals surface area contributed by atoms with Crippen molar-refractivity contribution in [3.05, 3.63) is 29.6 Å². The third kappa shape index (κ3) is 1.20. The molecule has 0 radical (unpaired) electrons. The average molecular weight is 196 g/mol. The zero-order valence-corrected chi connectivity index (χ0v) is 8.25. The number of hydrogen-bond acceptors (Lipinski definition) is 2. The highest BCUT2D eigenvalue weighted by molar-refractivity contribution is 5.42. The van der Waals surface area contributed by atoms with Crippen molar-refractivity contribution in [3.63, 3.8) is 0 Å². The molecule has 2 nitrogen and oxygen atoms in total. The predicted molar refractivity (Wildman–Crippen MR) is 50.6 cm³/mol. The van der Waals surface area contributed by atoms with E-state index in [1.165, 1.54) is 13.2 Å². The normalized spacial score (nSPS) is 30.1. The first-order valence-corrected chi connectivity index (χ1v) is 4.65. The van der Waals surface area contributed by atoms with E-state index in [4.69, 9.17) is 4.74 Å². The molecule has 2 rings (SSSR count). The molecule has 1 saturated carbocycles. The molecule has 0 bridgehead atoms. The van der Waals surface area contributed by atoms with Gasteiger partial charge in [-0.1, -0.05) is 13.0 Å². The van der Waals surface area contributed by atoms with Gasteiger partial charge in [-0.25, -0.2) is 4.39 Å². The number of rotatable bonds is 2. The van der Waals surface area contributed by atoms with E-state index in [1.807, 2.05) is 6.92 Å². The number of ether oxygens (including phenoxy) is 1. The minimum Gasteiger partial charge on any atom is -0.496 e. The Kier molecular flexibility index (Phi) is 2.00. The lowest BCUT2D eigenvalue weighted by atomic mass is 10.0. The van der Waals surface area contributed by atoms with Crippen LogP contribution in [0.2, 0.25) is 0 Å². The van der Waals surface area contributed by atoms with Gasteiger partial charge in [-0.2, -0.15) is 0 Å². The molecule has 0 aliphatic heterocycles. The van der Waals surface area contributed by atoms with Crippen molar-refractivity contribution in [3.8, 4) is 5.75 Å². The summed E-state index contributed by atoms with van der Waals surface area (Å²) in [5, 5.41) is 10.0. The van der Waals surface area contributed by atoms with E-state index in [-0.39, 0.29) is 5.92 Å². The van der Waals surface area contributed by atoms with Gasteiger partial charge in [0.05, 0.1) is 18.3 Å². The molecular formula is C11H13FO2. The highest BCUT2D eigenvalue weighted by atomic mass is 19.1. The lowest BCUT2D eigenvalue weighted by Crippen LogP contribution is -2.12. The summed E-state index contributed by atoms with van der Waals surface area (Å²) in [6, 6.07) is 4.59. The van der Waals surface area contributed by atoms with E-state index < -0.39 is 11.4 Å². The van der Waals surface area contributed by atoms with Crippen molar-refractivity contribution in [2.75, 3.05) is 7.11 Å². The Bertz CT molecular complexity index is 364. The van der Waals surface area contributed by atoms with Crippen LogP contribution in [0.1, 0.15) is 18.9 Å². The summed E-state index contributed by atoms with van der Waals surface area (Å²) in [7, 11) is 1.48. The van der Waals surface area contributed by atoms with Gasteiger partial charge in [-0.15, -0.1) is 0 Å². The van der Waals surface area contributed by atoms with E-state index in [0.29, 0.717) is 17.7 Å². The van der Waals surface area contributed by atoms with Gasteiger partial charge in [0.1, 0.15) is 11.6 Å². The third-order valence-corrected chi connectivity index (χ3v) is 2.90. The first-order valence-electron chi connectivity index (χ1n) is 4.65. The number of hydrogen-bond donors (Lipinski definition) is 1. The molecule has 14 heavy (non-hydrogen) atoms. The van der Waals surface area contributed by atoms with Gasteiger partial charge in [0.2, 0.25) is 0 Å². The molecule has 3 heteroatoms. The van der Waals surface area contributed by atoms with Gasteiger partial charge in [-0.3, -0.25) is 0 Å². The topological polar surface area (TPSA) is 29.5 Å².